The summed E-state index contributed by atoms with van der Waals surface area (Å²) in [6.07, 6.45) is 1.09. The number of benzene rings is 1. The molecule has 0 aliphatic carbocycles. The van der Waals surface area contributed by atoms with Crippen LogP contribution in [0.3, 0.4) is 0 Å². The number of nitrogens with one attached hydrogen (secondary N) is 1. The number of amides is 1. The summed E-state index contributed by atoms with van der Waals surface area (Å²) < 4.78 is 0. The monoisotopic (exact) mass is 317 g/mol. The standard InChI is InChI=1S/C14H21Cl2N3O/c1-4-9(2)7-19(3)8-13(20)18-14-11(16)5-10(15)6-12(14)17/h5-6,9H,4,7-8,17H2,1-3H3,(H,18,20). The van der Waals surface area contributed by atoms with Gasteiger partial charge in [-0.1, -0.05) is 43.5 Å². The van der Waals surface area contributed by atoms with Crippen LogP contribution in [0.1, 0.15) is 20.3 Å². The summed E-state index contributed by atoms with van der Waals surface area (Å²) in [6.45, 7) is 5.45. The lowest BCUT2D eigenvalue weighted by atomic mass is 10.1. The number of halogens is 2. The second kappa shape index (κ2) is 7.72. The highest BCUT2D eigenvalue weighted by molar-refractivity contribution is 6.37. The number of nitrogen functional groups attached to an aromatic ring is 1. The lowest BCUT2D eigenvalue weighted by Crippen LogP contribution is -2.33. The van der Waals surface area contributed by atoms with Crippen LogP contribution in [-0.4, -0.2) is 30.9 Å². The van der Waals surface area contributed by atoms with Gasteiger partial charge in [-0.15, -0.1) is 0 Å². The number of carbonyl (C=O) groups excluding carboxylic acids is 1. The van der Waals surface area contributed by atoms with Gasteiger partial charge in [-0.05, 0) is 25.1 Å². The van der Waals surface area contributed by atoms with Crippen molar-refractivity contribution in [3.05, 3.63) is 22.2 Å². The van der Waals surface area contributed by atoms with Gasteiger partial charge in [0.25, 0.3) is 0 Å². The Balaban J connectivity index is 2.63. The smallest absolute Gasteiger partial charge is 0.238 e. The molecule has 1 aromatic carbocycles. The Morgan fingerprint density at radius 2 is 2.10 bits per heavy atom. The number of carbonyl (C=O) groups is 1. The molecule has 0 aliphatic rings. The minimum atomic E-state index is -0.147. The maximum atomic E-state index is 12.0. The summed E-state index contributed by atoms with van der Waals surface area (Å²) in [6, 6.07) is 3.11. The Morgan fingerprint density at radius 1 is 1.45 bits per heavy atom. The van der Waals surface area contributed by atoms with Gasteiger partial charge in [0.15, 0.2) is 0 Å². The molecule has 1 atom stereocenters. The van der Waals surface area contributed by atoms with Crippen LogP contribution in [0.4, 0.5) is 11.4 Å². The van der Waals surface area contributed by atoms with Gasteiger partial charge >= 0.3 is 0 Å². The summed E-state index contributed by atoms with van der Waals surface area (Å²) in [5, 5.41) is 3.52. The third kappa shape index (κ3) is 5.19. The molecular weight excluding hydrogens is 297 g/mol. The number of anilines is 2. The molecule has 4 nitrogen and oxygen atoms in total. The van der Waals surface area contributed by atoms with E-state index < -0.39 is 0 Å². The van der Waals surface area contributed by atoms with Gasteiger partial charge in [-0.2, -0.15) is 0 Å². The number of nitrogens with two attached hydrogens (primary N) is 1. The van der Waals surface area contributed by atoms with Gasteiger partial charge in [-0.25, -0.2) is 0 Å². The largest absolute Gasteiger partial charge is 0.397 e. The first-order chi connectivity index (χ1) is 9.33. The molecule has 0 saturated heterocycles. The molecule has 0 aromatic heterocycles. The predicted octanol–water partition coefficient (Wildman–Crippen LogP) is 3.49. The minimum Gasteiger partial charge on any atom is -0.397 e. The second-order valence-electron chi connectivity index (χ2n) is 5.11. The van der Waals surface area contributed by atoms with E-state index in [0.29, 0.717) is 33.9 Å². The zero-order chi connectivity index (χ0) is 15.3. The van der Waals surface area contributed by atoms with E-state index in [9.17, 15) is 4.79 Å². The third-order valence-corrected chi connectivity index (χ3v) is 3.60. The average molecular weight is 318 g/mol. The fourth-order valence-electron chi connectivity index (χ4n) is 1.88. The molecule has 0 spiro atoms. The third-order valence-electron chi connectivity index (χ3n) is 3.08. The number of likely N-dealkylation sites (N-methyl/N-ethyl adjacent to an activating group) is 1. The number of nitrogens with zero attached hydrogens (tertiary/aromatic N) is 1. The molecule has 0 fully saturated rings. The summed E-state index contributed by atoms with van der Waals surface area (Å²) in [4.78, 5) is 14.0. The van der Waals surface area contributed by atoms with Gasteiger partial charge in [0.05, 0.1) is 22.9 Å². The van der Waals surface area contributed by atoms with Crippen LogP contribution in [0.15, 0.2) is 12.1 Å². The van der Waals surface area contributed by atoms with Crippen LogP contribution in [-0.2, 0) is 4.79 Å². The van der Waals surface area contributed by atoms with E-state index in [1.54, 1.807) is 12.1 Å². The maximum Gasteiger partial charge on any atom is 0.238 e. The van der Waals surface area contributed by atoms with E-state index in [1.165, 1.54) is 0 Å². The molecule has 0 heterocycles. The molecule has 0 radical (unpaired) electrons. The summed E-state index contributed by atoms with van der Waals surface area (Å²) in [5.74, 6) is 0.406. The molecule has 1 rings (SSSR count). The molecule has 0 saturated carbocycles. The van der Waals surface area contributed by atoms with Crippen molar-refractivity contribution in [1.29, 1.82) is 0 Å². The van der Waals surface area contributed by atoms with Crippen molar-refractivity contribution in [2.45, 2.75) is 20.3 Å². The van der Waals surface area contributed by atoms with Crippen molar-refractivity contribution in [2.24, 2.45) is 5.92 Å². The van der Waals surface area contributed by atoms with E-state index in [-0.39, 0.29) is 5.91 Å². The molecule has 3 N–H and O–H groups in total. The number of rotatable bonds is 6. The number of hydrogen-bond donors (Lipinski definition) is 2. The SMILES string of the molecule is CCC(C)CN(C)CC(=O)Nc1c(N)cc(Cl)cc1Cl. The van der Waals surface area contributed by atoms with E-state index >= 15 is 0 Å². The Kier molecular flexibility index (Phi) is 6.59. The van der Waals surface area contributed by atoms with Gasteiger partial charge in [0, 0.05) is 11.6 Å². The first-order valence-corrected chi connectivity index (χ1v) is 7.32. The first kappa shape index (κ1) is 17.1. The fourth-order valence-corrected chi connectivity index (χ4v) is 2.43. The van der Waals surface area contributed by atoms with E-state index in [2.05, 4.69) is 19.2 Å². The van der Waals surface area contributed by atoms with Crippen LogP contribution in [0.25, 0.3) is 0 Å². The highest BCUT2D eigenvalue weighted by Gasteiger charge is 2.13. The molecule has 112 valence electrons. The summed E-state index contributed by atoms with van der Waals surface area (Å²) >= 11 is 11.9. The van der Waals surface area contributed by atoms with Crippen molar-refractivity contribution >= 4 is 40.5 Å². The van der Waals surface area contributed by atoms with Crippen LogP contribution in [0, 0.1) is 5.92 Å². The average Bonchev–Trinajstić information content (AvgIpc) is 2.33. The van der Waals surface area contributed by atoms with Crippen molar-refractivity contribution in [1.82, 2.24) is 4.90 Å². The number of hydrogen-bond acceptors (Lipinski definition) is 3. The van der Waals surface area contributed by atoms with E-state index in [4.69, 9.17) is 28.9 Å². The highest BCUT2D eigenvalue weighted by atomic mass is 35.5. The molecule has 1 amide bonds. The van der Waals surface area contributed by atoms with Crippen molar-refractivity contribution in [3.8, 4) is 0 Å². The Bertz CT molecular complexity index is 456. The quantitative estimate of drug-likeness (QED) is 0.789. The maximum absolute atomic E-state index is 12.0. The van der Waals surface area contributed by atoms with Gasteiger partial charge in [0.1, 0.15) is 0 Å². The fraction of sp³-hybridized carbons (Fsp3) is 0.500. The van der Waals surface area contributed by atoms with E-state index in [1.807, 2.05) is 11.9 Å². The lowest BCUT2D eigenvalue weighted by molar-refractivity contribution is -0.117. The normalized spacial score (nSPS) is 12.5. The summed E-state index contributed by atoms with van der Waals surface area (Å²) in [7, 11) is 1.92. The van der Waals surface area contributed by atoms with Crippen LogP contribution < -0.4 is 11.1 Å². The first-order valence-electron chi connectivity index (χ1n) is 6.56. The topological polar surface area (TPSA) is 58.4 Å². The molecule has 6 heteroatoms. The van der Waals surface area contributed by atoms with Crippen LogP contribution >= 0.6 is 23.2 Å². The lowest BCUT2D eigenvalue weighted by Gasteiger charge is -2.20. The van der Waals surface area contributed by atoms with Crippen molar-refractivity contribution in [3.63, 3.8) is 0 Å². The molecule has 20 heavy (non-hydrogen) atoms. The Morgan fingerprint density at radius 3 is 2.65 bits per heavy atom. The minimum absolute atomic E-state index is 0.147. The zero-order valence-corrected chi connectivity index (χ0v) is 13.6. The summed E-state index contributed by atoms with van der Waals surface area (Å²) in [5.41, 5.74) is 6.58. The van der Waals surface area contributed by atoms with Crippen LogP contribution in [0.2, 0.25) is 10.0 Å². The highest BCUT2D eigenvalue weighted by Crippen LogP contribution is 2.31. The predicted molar refractivity (Wildman–Crippen MR) is 86.5 cm³/mol. The Hall–Kier alpha value is -0.970. The molecule has 1 aromatic rings. The van der Waals surface area contributed by atoms with E-state index in [0.717, 1.165) is 13.0 Å². The van der Waals surface area contributed by atoms with Gasteiger partial charge in [0.2, 0.25) is 5.91 Å². The molecule has 0 bridgehead atoms. The zero-order valence-electron chi connectivity index (χ0n) is 12.0. The van der Waals surface area contributed by atoms with Gasteiger partial charge < -0.3 is 11.1 Å². The van der Waals surface area contributed by atoms with Crippen LogP contribution in [0.5, 0.6) is 0 Å². The molecular formula is C14H21Cl2N3O. The Labute approximate surface area is 130 Å². The second-order valence-corrected chi connectivity index (χ2v) is 5.95. The van der Waals surface area contributed by atoms with Crippen molar-refractivity contribution in [2.75, 3.05) is 31.2 Å². The van der Waals surface area contributed by atoms with Gasteiger partial charge in [-0.3, -0.25) is 9.69 Å². The molecule has 1 unspecified atom stereocenters. The molecule has 0 aliphatic heterocycles. The van der Waals surface area contributed by atoms with Crippen molar-refractivity contribution < 1.29 is 4.79 Å².